The van der Waals surface area contributed by atoms with Crippen LogP contribution in [-0.2, 0) is 16.0 Å². The van der Waals surface area contributed by atoms with Crippen molar-refractivity contribution in [2.45, 2.75) is 18.9 Å². The summed E-state index contributed by atoms with van der Waals surface area (Å²) in [5, 5.41) is 12.5. The van der Waals surface area contributed by atoms with Crippen LogP contribution >= 0.6 is 0 Å². The van der Waals surface area contributed by atoms with Gasteiger partial charge in [0.25, 0.3) is 0 Å². The van der Waals surface area contributed by atoms with Crippen LogP contribution in [0.25, 0.3) is 0 Å². The summed E-state index contributed by atoms with van der Waals surface area (Å²) in [6.07, 6.45) is 0.250. The second-order valence-corrected chi connectivity index (χ2v) is 4.73. The molecule has 5 nitrogen and oxygen atoms in total. The number of rotatable bonds is 7. The van der Waals surface area contributed by atoms with Crippen LogP contribution in [0.3, 0.4) is 0 Å². The number of carbonyl (C=O) groups is 1. The van der Waals surface area contributed by atoms with Gasteiger partial charge in [0.1, 0.15) is 11.4 Å². The molecule has 1 aromatic rings. The molecule has 0 bridgehead atoms. The average molecular weight is 267 g/mol. The standard InChI is InChI=1S/C14H21NO4/c1-14(17,10-18-2)9-15-13(16)8-11-5-4-6-12(7-11)19-3/h4-7,17H,8-10H2,1-3H3,(H,15,16). The third-order valence-corrected chi connectivity index (χ3v) is 2.62. The Labute approximate surface area is 113 Å². The minimum atomic E-state index is -1.06. The highest BCUT2D eigenvalue weighted by Gasteiger charge is 2.20. The van der Waals surface area contributed by atoms with Gasteiger partial charge in [-0.1, -0.05) is 12.1 Å². The predicted molar refractivity (Wildman–Crippen MR) is 72.2 cm³/mol. The number of methoxy groups -OCH3 is 2. The number of amides is 1. The van der Waals surface area contributed by atoms with E-state index in [-0.39, 0.29) is 25.5 Å². The first kappa shape index (κ1) is 15.5. The van der Waals surface area contributed by atoms with Gasteiger partial charge in [0.2, 0.25) is 5.91 Å². The van der Waals surface area contributed by atoms with E-state index in [0.717, 1.165) is 11.3 Å². The number of aliphatic hydroxyl groups is 1. The minimum absolute atomic E-state index is 0.148. The summed E-state index contributed by atoms with van der Waals surface area (Å²) < 4.78 is 9.96. The zero-order valence-corrected chi connectivity index (χ0v) is 11.6. The fourth-order valence-electron chi connectivity index (χ4n) is 1.68. The molecule has 0 saturated heterocycles. The summed E-state index contributed by atoms with van der Waals surface area (Å²) in [6.45, 7) is 1.94. The predicted octanol–water partition coefficient (Wildman–Crippen LogP) is 0.751. The molecule has 1 aromatic carbocycles. The summed E-state index contributed by atoms with van der Waals surface area (Å²) in [6, 6.07) is 7.33. The topological polar surface area (TPSA) is 67.8 Å². The van der Waals surface area contributed by atoms with Crippen LogP contribution < -0.4 is 10.1 Å². The first-order chi connectivity index (χ1) is 8.96. The van der Waals surface area contributed by atoms with Gasteiger partial charge >= 0.3 is 0 Å². The van der Waals surface area contributed by atoms with Crippen molar-refractivity contribution in [3.05, 3.63) is 29.8 Å². The molecule has 0 aliphatic carbocycles. The fourth-order valence-corrected chi connectivity index (χ4v) is 1.68. The molecule has 1 atom stereocenters. The molecule has 0 fully saturated rings. The maximum Gasteiger partial charge on any atom is 0.224 e. The van der Waals surface area contributed by atoms with Crippen molar-refractivity contribution in [1.82, 2.24) is 5.32 Å². The van der Waals surface area contributed by atoms with Gasteiger partial charge in [-0.05, 0) is 24.6 Å². The summed E-state index contributed by atoms with van der Waals surface area (Å²) in [5.41, 5.74) is -0.193. The van der Waals surface area contributed by atoms with Crippen LogP contribution in [0.15, 0.2) is 24.3 Å². The Bertz CT molecular complexity index is 418. The molecular weight excluding hydrogens is 246 g/mol. The molecule has 5 heteroatoms. The second kappa shape index (κ2) is 7.11. The third-order valence-electron chi connectivity index (χ3n) is 2.62. The molecule has 0 heterocycles. The molecule has 1 rings (SSSR count). The molecule has 0 saturated carbocycles. The van der Waals surface area contributed by atoms with Gasteiger partial charge < -0.3 is 19.9 Å². The maximum atomic E-state index is 11.8. The lowest BCUT2D eigenvalue weighted by Crippen LogP contribution is -2.44. The third kappa shape index (κ3) is 5.72. The van der Waals surface area contributed by atoms with E-state index in [1.54, 1.807) is 14.0 Å². The molecule has 0 aliphatic rings. The van der Waals surface area contributed by atoms with Gasteiger partial charge in [-0.15, -0.1) is 0 Å². The Hall–Kier alpha value is -1.59. The number of carbonyl (C=O) groups excluding carboxylic acids is 1. The quantitative estimate of drug-likeness (QED) is 0.765. The summed E-state index contributed by atoms with van der Waals surface area (Å²) >= 11 is 0. The average Bonchev–Trinajstić information content (AvgIpc) is 2.37. The van der Waals surface area contributed by atoms with Crippen LogP contribution in [0.4, 0.5) is 0 Å². The van der Waals surface area contributed by atoms with E-state index >= 15 is 0 Å². The lowest BCUT2D eigenvalue weighted by molar-refractivity contribution is -0.122. The monoisotopic (exact) mass is 267 g/mol. The van der Waals surface area contributed by atoms with E-state index < -0.39 is 5.60 Å². The number of nitrogens with one attached hydrogen (secondary N) is 1. The second-order valence-electron chi connectivity index (χ2n) is 4.73. The number of hydrogen-bond donors (Lipinski definition) is 2. The SMILES string of the molecule is COCC(C)(O)CNC(=O)Cc1cccc(OC)c1. The summed E-state index contributed by atoms with van der Waals surface area (Å²) in [4.78, 5) is 11.8. The van der Waals surface area contributed by atoms with Gasteiger partial charge in [0.05, 0.1) is 20.1 Å². The molecule has 1 unspecified atom stereocenters. The highest BCUT2D eigenvalue weighted by atomic mass is 16.5. The van der Waals surface area contributed by atoms with Crippen molar-refractivity contribution in [2.75, 3.05) is 27.4 Å². The zero-order valence-electron chi connectivity index (χ0n) is 11.6. The Morgan fingerprint density at radius 3 is 2.79 bits per heavy atom. The Morgan fingerprint density at radius 1 is 1.42 bits per heavy atom. The normalized spacial score (nSPS) is 13.7. The van der Waals surface area contributed by atoms with Gasteiger partial charge in [-0.2, -0.15) is 0 Å². The van der Waals surface area contributed by atoms with Gasteiger partial charge in [-0.3, -0.25) is 4.79 Å². The van der Waals surface area contributed by atoms with E-state index in [9.17, 15) is 9.90 Å². The number of ether oxygens (including phenoxy) is 2. The zero-order chi connectivity index (χ0) is 14.3. The fraction of sp³-hybridized carbons (Fsp3) is 0.500. The first-order valence-electron chi connectivity index (χ1n) is 6.08. The molecule has 0 spiro atoms. The van der Waals surface area contributed by atoms with Crippen molar-refractivity contribution >= 4 is 5.91 Å². The number of hydrogen-bond acceptors (Lipinski definition) is 4. The van der Waals surface area contributed by atoms with Crippen molar-refractivity contribution in [1.29, 1.82) is 0 Å². The van der Waals surface area contributed by atoms with Gasteiger partial charge in [0.15, 0.2) is 0 Å². The van der Waals surface area contributed by atoms with Crippen LogP contribution in [0.1, 0.15) is 12.5 Å². The van der Waals surface area contributed by atoms with Gasteiger partial charge in [-0.25, -0.2) is 0 Å². The van der Waals surface area contributed by atoms with Crippen molar-refractivity contribution in [3.8, 4) is 5.75 Å². The highest BCUT2D eigenvalue weighted by Crippen LogP contribution is 2.12. The molecule has 1 amide bonds. The van der Waals surface area contributed by atoms with Crippen molar-refractivity contribution in [2.24, 2.45) is 0 Å². The van der Waals surface area contributed by atoms with Gasteiger partial charge in [0, 0.05) is 13.7 Å². The highest BCUT2D eigenvalue weighted by molar-refractivity contribution is 5.78. The Kier molecular flexibility index (Phi) is 5.79. The van der Waals surface area contributed by atoms with E-state index in [1.165, 1.54) is 7.11 Å². The largest absolute Gasteiger partial charge is 0.497 e. The molecule has 0 radical (unpaired) electrons. The first-order valence-corrected chi connectivity index (χ1v) is 6.08. The molecule has 106 valence electrons. The molecule has 19 heavy (non-hydrogen) atoms. The van der Waals surface area contributed by atoms with Crippen LogP contribution in [0.2, 0.25) is 0 Å². The molecular formula is C14H21NO4. The molecule has 0 aromatic heterocycles. The van der Waals surface area contributed by atoms with Crippen LogP contribution in [0, 0.1) is 0 Å². The van der Waals surface area contributed by atoms with E-state index in [4.69, 9.17) is 9.47 Å². The Morgan fingerprint density at radius 2 is 2.16 bits per heavy atom. The molecule has 2 N–H and O–H groups in total. The lowest BCUT2D eigenvalue weighted by Gasteiger charge is -2.22. The summed E-state index contributed by atoms with van der Waals surface area (Å²) in [5.74, 6) is 0.571. The van der Waals surface area contributed by atoms with E-state index in [1.807, 2.05) is 24.3 Å². The van der Waals surface area contributed by atoms with Crippen molar-refractivity contribution < 1.29 is 19.4 Å². The smallest absolute Gasteiger partial charge is 0.224 e. The molecule has 0 aliphatic heterocycles. The lowest BCUT2D eigenvalue weighted by atomic mass is 10.1. The Balaban J connectivity index is 2.46. The maximum absolute atomic E-state index is 11.8. The van der Waals surface area contributed by atoms with E-state index in [0.29, 0.717) is 0 Å². The van der Waals surface area contributed by atoms with Crippen LogP contribution in [0.5, 0.6) is 5.75 Å². The number of benzene rings is 1. The van der Waals surface area contributed by atoms with E-state index in [2.05, 4.69) is 5.32 Å². The van der Waals surface area contributed by atoms with Crippen molar-refractivity contribution in [3.63, 3.8) is 0 Å². The van der Waals surface area contributed by atoms with Crippen LogP contribution in [-0.4, -0.2) is 44.0 Å². The summed E-state index contributed by atoms with van der Waals surface area (Å²) in [7, 11) is 3.09. The minimum Gasteiger partial charge on any atom is -0.497 e.